The number of methoxy groups -OCH3 is 1. The molecular formula is C17H12ClF3N2O2. The third-order valence-electron chi connectivity index (χ3n) is 3.53. The number of hydrogen-bond acceptors (Lipinski definition) is 4. The van der Waals surface area contributed by atoms with Crippen molar-refractivity contribution in [3.05, 3.63) is 53.2 Å². The van der Waals surface area contributed by atoms with Gasteiger partial charge in [0.15, 0.2) is 0 Å². The SMILES string of the molecule is COc1cc2nccc(Oc3ccc(N)c(Cl)c3)c2cc1C(F)(F)F. The molecule has 0 radical (unpaired) electrons. The summed E-state index contributed by atoms with van der Waals surface area (Å²) in [6.07, 6.45) is -3.14. The molecule has 0 bridgehead atoms. The molecule has 0 saturated heterocycles. The highest BCUT2D eigenvalue weighted by Gasteiger charge is 2.35. The summed E-state index contributed by atoms with van der Waals surface area (Å²) in [5.41, 5.74) is 5.41. The zero-order valence-electron chi connectivity index (χ0n) is 12.9. The van der Waals surface area contributed by atoms with E-state index in [1.54, 1.807) is 12.1 Å². The largest absolute Gasteiger partial charge is 0.496 e. The number of aromatic nitrogens is 1. The highest BCUT2D eigenvalue weighted by Crippen LogP contribution is 2.41. The van der Waals surface area contributed by atoms with Gasteiger partial charge in [0.2, 0.25) is 0 Å². The number of halogens is 4. The molecule has 0 unspecified atom stereocenters. The zero-order valence-corrected chi connectivity index (χ0v) is 13.7. The molecule has 0 saturated carbocycles. The number of nitrogens with zero attached hydrogens (tertiary/aromatic N) is 1. The molecule has 4 nitrogen and oxygen atoms in total. The van der Waals surface area contributed by atoms with Crippen molar-refractivity contribution in [3.8, 4) is 17.2 Å². The van der Waals surface area contributed by atoms with Crippen LogP contribution < -0.4 is 15.2 Å². The van der Waals surface area contributed by atoms with Crippen LogP contribution in [0, 0.1) is 0 Å². The van der Waals surface area contributed by atoms with Gasteiger partial charge in [-0.2, -0.15) is 13.2 Å². The van der Waals surface area contributed by atoms with Crippen LogP contribution in [0.2, 0.25) is 5.02 Å². The van der Waals surface area contributed by atoms with E-state index < -0.39 is 11.7 Å². The minimum absolute atomic E-state index is 0.198. The van der Waals surface area contributed by atoms with Crippen molar-refractivity contribution in [2.24, 2.45) is 0 Å². The Morgan fingerprint density at radius 2 is 1.84 bits per heavy atom. The summed E-state index contributed by atoms with van der Waals surface area (Å²) < 4.78 is 50.3. The molecule has 2 aromatic carbocycles. The molecule has 0 fully saturated rings. The highest BCUT2D eigenvalue weighted by atomic mass is 35.5. The van der Waals surface area contributed by atoms with E-state index in [1.807, 2.05) is 0 Å². The van der Waals surface area contributed by atoms with Gasteiger partial charge in [-0.05, 0) is 24.3 Å². The number of nitrogens with two attached hydrogens (primary N) is 1. The van der Waals surface area contributed by atoms with Gasteiger partial charge in [0.1, 0.15) is 17.2 Å². The Balaban J connectivity index is 2.13. The number of nitrogen functional groups attached to an aromatic ring is 1. The summed E-state index contributed by atoms with van der Waals surface area (Å²) in [6, 6.07) is 8.25. The monoisotopic (exact) mass is 368 g/mol. The fraction of sp³-hybridized carbons (Fsp3) is 0.118. The summed E-state index contributed by atoms with van der Waals surface area (Å²) in [4.78, 5) is 4.07. The molecule has 0 aliphatic rings. The molecule has 25 heavy (non-hydrogen) atoms. The number of ether oxygens (including phenoxy) is 2. The Bertz CT molecular complexity index is 945. The summed E-state index contributed by atoms with van der Waals surface area (Å²) in [5.74, 6) is 0.246. The number of pyridine rings is 1. The van der Waals surface area contributed by atoms with Gasteiger partial charge < -0.3 is 15.2 Å². The zero-order chi connectivity index (χ0) is 18.2. The second kappa shape index (κ2) is 6.33. The van der Waals surface area contributed by atoms with Gasteiger partial charge in [0.25, 0.3) is 0 Å². The van der Waals surface area contributed by atoms with Crippen molar-refractivity contribution in [1.29, 1.82) is 0 Å². The van der Waals surface area contributed by atoms with Crippen molar-refractivity contribution < 1.29 is 22.6 Å². The quantitative estimate of drug-likeness (QED) is 0.638. The smallest absolute Gasteiger partial charge is 0.419 e. The number of anilines is 1. The van der Waals surface area contributed by atoms with Gasteiger partial charge in [-0.1, -0.05) is 11.6 Å². The Labute approximate surface area is 145 Å². The fourth-order valence-corrected chi connectivity index (χ4v) is 2.50. The average molecular weight is 369 g/mol. The van der Waals surface area contributed by atoms with Gasteiger partial charge in [-0.15, -0.1) is 0 Å². The van der Waals surface area contributed by atoms with Gasteiger partial charge in [-0.25, -0.2) is 0 Å². The molecule has 0 atom stereocenters. The van der Waals surface area contributed by atoms with Crippen LogP contribution in [0.25, 0.3) is 10.9 Å². The van der Waals surface area contributed by atoms with E-state index in [0.717, 1.165) is 6.07 Å². The second-order valence-corrected chi connectivity index (χ2v) is 5.57. The summed E-state index contributed by atoms with van der Waals surface area (Å²) in [6.45, 7) is 0. The lowest BCUT2D eigenvalue weighted by Gasteiger charge is -2.15. The van der Waals surface area contributed by atoms with Gasteiger partial charge in [0.05, 0.1) is 28.9 Å². The Kier molecular flexibility index (Phi) is 4.34. The van der Waals surface area contributed by atoms with E-state index in [1.165, 1.54) is 31.5 Å². The molecule has 1 heterocycles. The average Bonchev–Trinajstić information content (AvgIpc) is 2.56. The molecule has 1 aromatic heterocycles. The van der Waals surface area contributed by atoms with Crippen molar-refractivity contribution in [3.63, 3.8) is 0 Å². The van der Waals surface area contributed by atoms with Crippen molar-refractivity contribution in [1.82, 2.24) is 4.98 Å². The number of alkyl halides is 3. The third-order valence-corrected chi connectivity index (χ3v) is 3.86. The topological polar surface area (TPSA) is 57.4 Å². The molecule has 2 N–H and O–H groups in total. The molecule has 8 heteroatoms. The van der Waals surface area contributed by atoms with Gasteiger partial charge in [0, 0.05) is 23.7 Å². The Morgan fingerprint density at radius 3 is 2.48 bits per heavy atom. The molecule has 130 valence electrons. The minimum atomic E-state index is -4.57. The van der Waals surface area contributed by atoms with Crippen molar-refractivity contribution >= 4 is 28.2 Å². The van der Waals surface area contributed by atoms with Crippen LogP contribution >= 0.6 is 11.6 Å². The van der Waals surface area contributed by atoms with E-state index in [-0.39, 0.29) is 21.9 Å². The van der Waals surface area contributed by atoms with E-state index >= 15 is 0 Å². The number of benzene rings is 2. The van der Waals surface area contributed by atoms with E-state index in [9.17, 15) is 13.2 Å². The van der Waals surface area contributed by atoms with Crippen LogP contribution in [0.15, 0.2) is 42.6 Å². The second-order valence-electron chi connectivity index (χ2n) is 5.16. The van der Waals surface area contributed by atoms with Gasteiger partial charge >= 0.3 is 6.18 Å². The van der Waals surface area contributed by atoms with Crippen LogP contribution in [0.4, 0.5) is 18.9 Å². The lowest BCUT2D eigenvalue weighted by Crippen LogP contribution is -2.07. The van der Waals surface area contributed by atoms with Crippen LogP contribution in [-0.2, 0) is 6.18 Å². The first-order valence-electron chi connectivity index (χ1n) is 7.06. The predicted octanol–water partition coefficient (Wildman–Crippen LogP) is 5.29. The first kappa shape index (κ1) is 17.2. The van der Waals surface area contributed by atoms with E-state index in [0.29, 0.717) is 17.0 Å². The number of fused-ring (bicyclic) bond motifs is 1. The maximum atomic E-state index is 13.2. The lowest BCUT2D eigenvalue weighted by atomic mass is 10.1. The molecule has 0 aliphatic heterocycles. The van der Waals surface area contributed by atoms with Crippen LogP contribution in [-0.4, -0.2) is 12.1 Å². The van der Waals surface area contributed by atoms with Crippen LogP contribution in [0.3, 0.4) is 0 Å². The molecular weight excluding hydrogens is 357 g/mol. The van der Waals surface area contributed by atoms with E-state index in [4.69, 9.17) is 26.8 Å². The van der Waals surface area contributed by atoms with Gasteiger partial charge in [-0.3, -0.25) is 4.98 Å². The summed E-state index contributed by atoms with van der Waals surface area (Å²) >= 11 is 5.94. The number of hydrogen-bond donors (Lipinski definition) is 1. The Morgan fingerprint density at radius 1 is 1.08 bits per heavy atom. The fourth-order valence-electron chi connectivity index (χ4n) is 2.33. The van der Waals surface area contributed by atoms with Crippen molar-refractivity contribution in [2.75, 3.05) is 12.8 Å². The lowest BCUT2D eigenvalue weighted by molar-refractivity contribution is -0.138. The number of rotatable bonds is 3. The summed E-state index contributed by atoms with van der Waals surface area (Å²) in [7, 11) is 1.17. The molecule has 0 spiro atoms. The van der Waals surface area contributed by atoms with E-state index in [2.05, 4.69) is 4.98 Å². The van der Waals surface area contributed by atoms with Crippen LogP contribution in [0.1, 0.15) is 5.56 Å². The normalized spacial score (nSPS) is 11.6. The molecule has 3 rings (SSSR count). The highest BCUT2D eigenvalue weighted by molar-refractivity contribution is 6.33. The predicted molar refractivity (Wildman–Crippen MR) is 89.2 cm³/mol. The molecule has 0 aliphatic carbocycles. The minimum Gasteiger partial charge on any atom is -0.496 e. The molecule has 0 amide bonds. The summed E-state index contributed by atoms with van der Waals surface area (Å²) in [5, 5.41) is 0.483. The molecule has 3 aromatic rings. The third kappa shape index (κ3) is 3.41. The standard InChI is InChI=1S/C17H12ClF3N2O2/c1-24-16-8-14-10(7-11(16)17(19,20)21)15(4-5-23-14)25-9-2-3-13(22)12(18)6-9/h2-8H,22H2,1H3. The maximum Gasteiger partial charge on any atom is 0.419 e. The Hall–Kier alpha value is -2.67. The first-order chi connectivity index (χ1) is 11.8. The maximum absolute atomic E-state index is 13.2. The van der Waals surface area contributed by atoms with Crippen molar-refractivity contribution in [2.45, 2.75) is 6.18 Å². The first-order valence-corrected chi connectivity index (χ1v) is 7.44. The van der Waals surface area contributed by atoms with Crippen LogP contribution in [0.5, 0.6) is 17.2 Å².